The number of aromatic carboxylic acids is 1. The fourth-order valence-corrected chi connectivity index (χ4v) is 1.43. The molecule has 0 fully saturated rings. The van der Waals surface area contributed by atoms with Gasteiger partial charge in [-0.1, -0.05) is 0 Å². The molecule has 2 aromatic rings. The van der Waals surface area contributed by atoms with E-state index in [0.29, 0.717) is 5.69 Å². The van der Waals surface area contributed by atoms with E-state index in [0.717, 1.165) is 5.69 Å². The highest BCUT2D eigenvalue weighted by Gasteiger charge is 2.08. The van der Waals surface area contributed by atoms with Gasteiger partial charge in [-0.25, -0.2) is 9.78 Å². The first-order valence-electron chi connectivity index (χ1n) is 4.65. The Hall–Kier alpha value is -1.82. The molecule has 2 N–H and O–H groups in total. The second-order valence-electron chi connectivity index (χ2n) is 3.43. The molecule has 0 amide bonds. The molecule has 0 aliphatic heterocycles. The van der Waals surface area contributed by atoms with Gasteiger partial charge < -0.3 is 14.8 Å². The number of aromatic hydroxyl groups is 1. The number of halogens is 1. The first-order valence-corrected chi connectivity index (χ1v) is 4.65. The van der Waals surface area contributed by atoms with Crippen LogP contribution >= 0.6 is 17.0 Å². The number of benzene rings is 1. The fraction of sp³-hybridized carbons (Fsp3) is 0.0909. The van der Waals surface area contributed by atoms with Crippen molar-refractivity contribution in [3.05, 3.63) is 42.0 Å². The predicted octanol–water partition coefficient (Wildman–Crippen LogP) is 2.16. The van der Waals surface area contributed by atoms with E-state index in [4.69, 9.17) is 5.11 Å². The number of phenols is 1. The lowest BCUT2D eigenvalue weighted by molar-refractivity contribution is 0.0696. The molecule has 1 heterocycles. The van der Waals surface area contributed by atoms with E-state index >= 15 is 0 Å². The van der Waals surface area contributed by atoms with Crippen LogP contribution in [0.3, 0.4) is 0 Å². The number of hydrogen-bond acceptors (Lipinski definition) is 3. The largest absolute Gasteiger partial charge is 0.506 e. The molecule has 0 aliphatic carbocycles. The maximum atomic E-state index is 10.7. The van der Waals surface area contributed by atoms with Crippen LogP contribution in [0, 0.1) is 6.92 Å². The van der Waals surface area contributed by atoms with Gasteiger partial charge in [0, 0.05) is 6.20 Å². The molecule has 0 saturated heterocycles. The number of carboxylic acids is 1. The van der Waals surface area contributed by atoms with Gasteiger partial charge in [-0.2, -0.15) is 0 Å². The summed E-state index contributed by atoms with van der Waals surface area (Å²) >= 11 is 0. The average Bonchev–Trinajstić information content (AvgIpc) is 2.64. The van der Waals surface area contributed by atoms with Crippen LogP contribution in [0.2, 0.25) is 0 Å². The number of aromatic nitrogens is 2. The lowest BCUT2D eigenvalue weighted by atomic mass is 10.2. The molecule has 0 radical (unpaired) electrons. The summed E-state index contributed by atoms with van der Waals surface area (Å²) in [6.45, 7) is 1.83. The van der Waals surface area contributed by atoms with E-state index in [1.165, 1.54) is 12.1 Å². The van der Waals surface area contributed by atoms with Crippen LogP contribution < -0.4 is 0 Å². The Balaban J connectivity index is 0.00000144. The Morgan fingerprint density at radius 3 is 2.59 bits per heavy atom. The Bertz CT molecular complexity index is 551. The third-order valence-corrected chi connectivity index (χ3v) is 2.21. The van der Waals surface area contributed by atoms with Crippen molar-refractivity contribution in [2.75, 3.05) is 0 Å². The predicted molar refractivity (Wildman–Crippen MR) is 67.2 cm³/mol. The quantitative estimate of drug-likeness (QED) is 0.891. The summed E-state index contributed by atoms with van der Waals surface area (Å²) in [5.41, 5.74) is 1.38. The smallest absolute Gasteiger partial charge is 0.335 e. The molecule has 0 aliphatic rings. The minimum Gasteiger partial charge on any atom is -0.506 e. The van der Waals surface area contributed by atoms with Crippen molar-refractivity contribution in [2.24, 2.45) is 0 Å². The van der Waals surface area contributed by atoms with Gasteiger partial charge in [0.2, 0.25) is 0 Å². The summed E-state index contributed by atoms with van der Waals surface area (Å²) in [5.74, 6) is -1.15. The van der Waals surface area contributed by atoms with E-state index in [-0.39, 0.29) is 28.3 Å². The van der Waals surface area contributed by atoms with Crippen molar-refractivity contribution >= 4 is 23.0 Å². The SMILES string of the molecule is Br.Cc1cn(-c2ccc(C(=O)O)cc2O)cn1. The van der Waals surface area contributed by atoms with Crippen LogP contribution in [0.5, 0.6) is 5.75 Å². The van der Waals surface area contributed by atoms with Gasteiger partial charge in [-0.05, 0) is 25.1 Å². The molecule has 0 bridgehead atoms. The maximum Gasteiger partial charge on any atom is 0.335 e. The van der Waals surface area contributed by atoms with E-state index in [2.05, 4.69) is 4.98 Å². The van der Waals surface area contributed by atoms with Gasteiger partial charge in [0.25, 0.3) is 0 Å². The Morgan fingerprint density at radius 1 is 1.41 bits per heavy atom. The zero-order chi connectivity index (χ0) is 11.7. The van der Waals surface area contributed by atoms with Crippen molar-refractivity contribution in [1.29, 1.82) is 0 Å². The molecule has 90 valence electrons. The van der Waals surface area contributed by atoms with Crippen LogP contribution in [-0.2, 0) is 0 Å². The first-order chi connectivity index (χ1) is 7.58. The van der Waals surface area contributed by atoms with Crippen LogP contribution in [-0.4, -0.2) is 25.7 Å². The average molecular weight is 299 g/mol. The van der Waals surface area contributed by atoms with Gasteiger partial charge in [0.15, 0.2) is 0 Å². The molecular weight excluding hydrogens is 288 g/mol. The second kappa shape index (κ2) is 5.01. The number of phenolic OH excluding ortho intramolecular Hbond substituents is 1. The number of imidazole rings is 1. The molecule has 2 rings (SSSR count). The summed E-state index contributed by atoms with van der Waals surface area (Å²) in [4.78, 5) is 14.7. The molecule has 0 saturated carbocycles. The molecule has 1 aromatic heterocycles. The topological polar surface area (TPSA) is 75.4 Å². The zero-order valence-corrected chi connectivity index (χ0v) is 10.7. The summed E-state index contributed by atoms with van der Waals surface area (Å²) in [5, 5.41) is 18.4. The maximum absolute atomic E-state index is 10.7. The summed E-state index contributed by atoms with van der Waals surface area (Å²) < 4.78 is 1.64. The zero-order valence-electron chi connectivity index (χ0n) is 8.99. The minimum absolute atomic E-state index is 0. The number of hydrogen-bond donors (Lipinski definition) is 2. The van der Waals surface area contributed by atoms with Crippen LogP contribution in [0.15, 0.2) is 30.7 Å². The Labute approximate surface area is 108 Å². The van der Waals surface area contributed by atoms with Crippen molar-refractivity contribution in [3.63, 3.8) is 0 Å². The standard InChI is InChI=1S/C11H10N2O3.BrH/c1-7-5-13(6-12-7)9-3-2-8(11(15)16)4-10(9)14;/h2-6,14H,1H3,(H,15,16);1H. The number of nitrogens with zero attached hydrogens (tertiary/aromatic N) is 2. The monoisotopic (exact) mass is 298 g/mol. The van der Waals surface area contributed by atoms with Gasteiger partial charge in [-0.15, -0.1) is 17.0 Å². The Kier molecular flexibility index (Phi) is 3.90. The van der Waals surface area contributed by atoms with E-state index in [9.17, 15) is 9.90 Å². The highest BCUT2D eigenvalue weighted by Crippen LogP contribution is 2.23. The molecule has 17 heavy (non-hydrogen) atoms. The second-order valence-corrected chi connectivity index (χ2v) is 3.43. The first kappa shape index (κ1) is 13.2. The van der Waals surface area contributed by atoms with Crippen molar-refractivity contribution < 1.29 is 15.0 Å². The Morgan fingerprint density at radius 2 is 2.12 bits per heavy atom. The lowest BCUT2D eigenvalue weighted by Crippen LogP contribution is -1.98. The number of aryl methyl sites for hydroxylation is 1. The summed E-state index contributed by atoms with van der Waals surface area (Å²) in [7, 11) is 0. The van der Waals surface area contributed by atoms with Crippen molar-refractivity contribution in [1.82, 2.24) is 9.55 Å². The third-order valence-electron chi connectivity index (χ3n) is 2.21. The minimum atomic E-state index is -1.07. The van der Waals surface area contributed by atoms with Gasteiger partial charge in [0.1, 0.15) is 5.75 Å². The van der Waals surface area contributed by atoms with Gasteiger partial charge >= 0.3 is 5.97 Å². The van der Waals surface area contributed by atoms with E-state index < -0.39 is 5.97 Å². The van der Waals surface area contributed by atoms with Crippen LogP contribution in [0.1, 0.15) is 16.1 Å². The van der Waals surface area contributed by atoms with Gasteiger partial charge in [-0.3, -0.25) is 0 Å². The number of rotatable bonds is 2. The van der Waals surface area contributed by atoms with E-state index in [1.54, 1.807) is 23.2 Å². The number of carboxylic acid groups (broad SMARTS) is 1. The van der Waals surface area contributed by atoms with Crippen molar-refractivity contribution in [2.45, 2.75) is 6.92 Å². The molecule has 0 atom stereocenters. The molecule has 0 spiro atoms. The van der Waals surface area contributed by atoms with Crippen LogP contribution in [0.25, 0.3) is 5.69 Å². The molecule has 1 aromatic carbocycles. The molecule has 6 heteroatoms. The van der Waals surface area contributed by atoms with Crippen molar-refractivity contribution in [3.8, 4) is 11.4 Å². The summed E-state index contributed by atoms with van der Waals surface area (Å²) in [6.07, 6.45) is 3.31. The molecule has 0 unspecified atom stereocenters. The lowest BCUT2D eigenvalue weighted by Gasteiger charge is -2.05. The van der Waals surface area contributed by atoms with E-state index in [1.807, 2.05) is 6.92 Å². The summed E-state index contributed by atoms with van der Waals surface area (Å²) in [6, 6.07) is 4.19. The number of carbonyl (C=O) groups is 1. The fourth-order valence-electron chi connectivity index (χ4n) is 1.43. The van der Waals surface area contributed by atoms with Gasteiger partial charge in [0.05, 0.1) is 23.3 Å². The normalized spacial score (nSPS) is 9.71. The third kappa shape index (κ3) is 2.65. The highest BCUT2D eigenvalue weighted by atomic mass is 79.9. The molecular formula is C11H11BrN2O3. The molecule has 5 nitrogen and oxygen atoms in total. The van der Waals surface area contributed by atoms with Crippen LogP contribution in [0.4, 0.5) is 0 Å². The highest BCUT2D eigenvalue weighted by molar-refractivity contribution is 8.93.